The third-order valence-electron chi connectivity index (χ3n) is 2.90. The van der Waals surface area contributed by atoms with E-state index < -0.39 is 9.04 Å². The predicted molar refractivity (Wildman–Crippen MR) is 60.7 cm³/mol. The van der Waals surface area contributed by atoms with Crippen molar-refractivity contribution in [1.29, 1.82) is 0 Å². The standard InChI is InChI=1S/C11H24OSi/c1-2-3-4-5-7-10-13-11-8-6-9-12-13/h13H,2-11H2,1H3. The molecule has 2 heteroatoms. The van der Waals surface area contributed by atoms with Crippen LogP contribution >= 0.6 is 0 Å². The van der Waals surface area contributed by atoms with E-state index in [1.807, 2.05) is 0 Å². The maximum absolute atomic E-state index is 5.82. The highest BCUT2D eigenvalue weighted by molar-refractivity contribution is 6.51. The van der Waals surface area contributed by atoms with Crippen LogP contribution in [0.5, 0.6) is 0 Å². The van der Waals surface area contributed by atoms with Gasteiger partial charge in [0.1, 0.15) is 0 Å². The highest BCUT2D eigenvalue weighted by Gasteiger charge is 2.14. The molecule has 1 aliphatic rings. The highest BCUT2D eigenvalue weighted by atomic mass is 28.3. The fourth-order valence-corrected chi connectivity index (χ4v) is 4.62. The normalized spacial score (nSPS) is 23.3. The number of unbranched alkanes of at least 4 members (excludes halogenated alkanes) is 4. The maximum atomic E-state index is 5.82. The maximum Gasteiger partial charge on any atom is 0.176 e. The molecule has 0 aromatic carbocycles. The number of rotatable bonds is 6. The van der Waals surface area contributed by atoms with Crippen LogP contribution in [0.4, 0.5) is 0 Å². The molecule has 1 unspecified atom stereocenters. The van der Waals surface area contributed by atoms with E-state index in [4.69, 9.17) is 4.43 Å². The van der Waals surface area contributed by atoms with Crippen LogP contribution in [-0.2, 0) is 4.43 Å². The molecule has 0 aromatic rings. The first-order valence-electron chi connectivity index (χ1n) is 6.05. The molecule has 1 aliphatic heterocycles. The van der Waals surface area contributed by atoms with Crippen molar-refractivity contribution < 1.29 is 4.43 Å². The summed E-state index contributed by atoms with van der Waals surface area (Å²) in [7, 11) is -0.678. The van der Waals surface area contributed by atoms with Gasteiger partial charge in [-0.15, -0.1) is 0 Å². The molecule has 78 valence electrons. The van der Waals surface area contributed by atoms with Crippen molar-refractivity contribution in [2.24, 2.45) is 0 Å². The van der Waals surface area contributed by atoms with Gasteiger partial charge in [-0.05, 0) is 18.5 Å². The van der Waals surface area contributed by atoms with Crippen LogP contribution in [0.25, 0.3) is 0 Å². The quantitative estimate of drug-likeness (QED) is 0.471. The molecule has 0 amide bonds. The molecule has 0 bridgehead atoms. The van der Waals surface area contributed by atoms with Crippen LogP contribution in [0, 0.1) is 0 Å². The second-order valence-corrected chi connectivity index (χ2v) is 6.92. The van der Waals surface area contributed by atoms with Crippen molar-refractivity contribution in [3.8, 4) is 0 Å². The van der Waals surface area contributed by atoms with E-state index in [0.29, 0.717) is 0 Å². The van der Waals surface area contributed by atoms with Crippen LogP contribution in [0.2, 0.25) is 12.1 Å². The van der Waals surface area contributed by atoms with Crippen molar-refractivity contribution in [3.05, 3.63) is 0 Å². The topological polar surface area (TPSA) is 9.23 Å². The molecule has 0 aliphatic carbocycles. The Morgan fingerprint density at radius 2 is 1.92 bits per heavy atom. The second kappa shape index (κ2) is 7.57. The lowest BCUT2D eigenvalue weighted by atomic mass is 10.2. The summed E-state index contributed by atoms with van der Waals surface area (Å²) in [6.07, 6.45) is 9.88. The van der Waals surface area contributed by atoms with Crippen molar-refractivity contribution in [2.75, 3.05) is 6.61 Å². The minimum atomic E-state index is -0.678. The van der Waals surface area contributed by atoms with Crippen LogP contribution in [0.3, 0.4) is 0 Å². The number of hydrogen-bond acceptors (Lipinski definition) is 1. The third kappa shape index (κ3) is 5.48. The molecule has 1 nitrogen and oxygen atoms in total. The predicted octanol–water partition coefficient (Wildman–Crippen LogP) is 3.49. The van der Waals surface area contributed by atoms with E-state index in [-0.39, 0.29) is 0 Å². The first-order chi connectivity index (χ1) is 6.43. The van der Waals surface area contributed by atoms with Gasteiger partial charge in [-0.3, -0.25) is 0 Å². The average Bonchev–Trinajstić information content (AvgIpc) is 2.19. The molecular formula is C11H24OSi. The Bertz CT molecular complexity index is 111. The average molecular weight is 200 g/mol. The van der Waals surface area contributed by atoms with Crippen molar-refractivity contribution in [3.63, 3.8) is 0 Å². The molecule has 1 fully saturated rings. The fraction of sp³-hybridized carbons (Fsp3) is 1.00. The summed E-state index contributed by atoms with van der Waals surface area (Å²) in [5.74, 6) is 0. The highest BCUT2D eigenvalue weighted by Crippen LogP contribution is 2.17. The molecule has 0 N–H and O–H groups in total. The summed E-state index contributed by atoms with van der Waals surface area (Å²) in [5.41, 5.74) is 0. The molecular weight excluding hydrogens is 176 g/mol. The van der Waals surface area contributed by atoms with Crippen molar-refractivity contribution in [2.45, 2.75) is 64.0 Å². The summed E-state index contributed by atoms with van der Waals surface area (Å²) >= 11 is 0. The Kier molecular flexibility index (Phi) is 6.55. The Hall–Kier alpha value is 0.177. The molecule has 13 heavy (non-hydrogen) atoms. The van der Waals surface area contributed by atoms with Gasteiger partial charge in [-0.1, -0.05) is 45.4 Å². The first-order valence-corrected chi connectivity index (χ1v) is 8.15. The Morgan fingerprint density at radius 3 is 2.62 bits per heavy atom. The SMILES string of the molecule is CCCCCCC[SiH]1CCCCO1. The van der Waals surface area contributed by atoms with Gasteiger partial charge in [0, 0.05) is 6.61 Å². The summed E-state index contributed by atoms with van der Waals surface area (Å²) < 4.78 is 5.82. The van der Waals surface area contributed by atoms with E-state index in [1.54, 1.807) is 0 Å². The summed E-state index contributed by atoms with van der Waals surface area (Å²) in [6.45, 7) is 3.35. The van der Waals surface area contributed by atoms with Crippen LogP contribution in [-0.4, -0.2) is 15.6 Å². The van der Waals surface area contributed by atoms with Gasteiger partial charge in [-0.2, -0.15) is 0 Å². The molecule has 1 saturated heterocycles. The lowest BCUT2D eigenvalue weighted by Gasteiger charge is -2.20. The van der Waals surface area contributed by atoms with Gasteiger partial charge < -0.3 is 4.43 Å². The Labute approximate surface area is 84.6 Å². The smallest absolute Gasteiger partial charge is 0.176 e. The zero-order valence-electron chi connectivity index (χ0n) is 9.06. The van der Waals surface area contributed by atoms with Gasteiger partial charge in [0.25, 0.3) is 0 Å². The molecule has 0 spiro atoms. The molecule has 1 rings (SSSR count). The first kappa shape index (κ1) is 11.3. The zero-order valence-corrected chi connectivity index (χ0v) is 10.2. The molecule has 1 atom stereocenters. The van der Waals surface area contributed by atoms with Gasteiger partial charge in [0.15, 0.2) is 9.04 Å². The molecule has 0 radical (unpaired) electrons. The van der Waals surface area contributed by atoms with E-state index in [0.717, 1.165) is 6.61 Å². The van der Waals surface area contributed by atoms with Gasteiger partial charge in [-0.25, -0.2) is 0 Å². The van der Waals surface area contributed by atoms with E-state index in [1.165, 1.54) is 57.0 Å². The lowest BCUT2D eigenvalue weighted by molar-refractivity contribution is 0.285. The summed E-state index contributed by atoms with van der Waals surface area (Å²) in [6, 6.07) is 2.90. The molecule has 1 heterocycles. The zero-order chi connectivity index (χ0) is 9.36. The fourth-order valence-electron chi connectivity index (χ4n) is 2.01. The molecule has 0 saturated carbocycles. The van der Waals surface area contributed by atoms with Gasteiger partial charge in [0.2, 0.25) is 0 Å². The summed E-state index contributed by atoms with van der Waals surface area (Å²) in [4.78, 5) is 0. The van der Waals surface area contributed by atoms with Crippen LogP contribution < -0.4 is 0 Å². The second-order valence-electron chi connectivity index (χ2n) is 4.19. The van der Waals surface area contributed by atoms with E-state index in [2.05, 4.69) is 6.92 Å². The Balaban J connectivity index is 1.86. The van der Waals surface area contributed by atoms with Gasteiger partial charge >= 0.3 is 0 Å². The van der Waals surface area contributed by atoms with Crippen molar-refractivity contribution in [1.82, 2.24) is 0 Å². The van der Waals surface area contributed by atoms with E-state index >= 15 is 0 Å². The Morgan fingerprint density at radius 1 is 1.08 bits per heavy atom. The third-order valence-corrected chi connectivity index (χ3v) is 5.72. The largest absolute Gasteiger partial charge is 0.420 e. The van der Waals surface area contributed by atoms with Crippen LogP contribution in [0.15, 0.2) is 0 Å². The minimum Gasteiger partial charge on any atom is -0.420 e. The van der Waals surface area contributed by atoms with Crippen LogP contribution in [0.1, 0.15) is 51.9 Å². The minimum absolute atomic E-state index is 0.678. The number of hydrogen-bond donors (Lipinski definition) is 0. The molecule has 0 aromatic heterocycles. The summed E-state index contributed by atoms with van der Waals surface area (Å²) in [5, 5.41) is 0. The monoisotopic (exact) mass is 200 g/mol. The van der Waals surface area contributed by atoms with Crippen molar-refractivity contribution >= 4 is 9.04 Å². The van der Waals surface area contributed by atoms with E-state index in [9.17, 15) is 0 Å². The lowest BCUT2D eigenvalue weighted by Crippen LogP contribution is -2.22. The van der Waals surface area contributed by atoms with Gasteiger partial charge in [0.05, 0.1) is 0 Å².